The summed E-state index contributed by atoms with van der Waals surface area (Å²) in [5.41, 5.74) is 7.27. The first kappa shape index (κ1) is 9.85. The first-order valence-electron chi connectivity index (χ1n) is 5.21. The van der Waals surface area contributed by atoms with Gasteiger partial charge in [0, 0.05) is 5.69 Å². The summed E-state index contributed by atoms with van der Waals surface area (Å²) in [6.07, 6.45) is 4.23. The molecule has 1 aromatic carbocycles. The number of nitrogens with zero attached hydrogens (tertiary/aromatic N) is 1. The van der Waals surface area contributed by atoms with Gasteiger partial charge in [-0.25, -0.2) is 0 Å². The van der Waals surface area contributed by atoms with Gasteiger partial charge >= 0.3 is 0 Å². The molecule has 1 aliphatic rings. The second-order valence-corrected chi connectivity index (χ2v) is 3.87. The Balaban J connectivity index is 2.11. The maximum Gasteiger partial charge on any atom is 0.120 e. The minimum Gasteiger partial charge on any atom is -0.490 e. The Kier molecular flexibility index (Phi) is 2.77. The Hall–Kier alpha value is -1.69. The molecule has 78 valence electrons. The Labute approximate surface area is 89.5 Å². The van der Waals surface area contributed by atoms with Gasteiger partial charge < -0.3 is 10.5 Å². The van der Waals surface area contributed by atoms with Crippen molar-refractivity contribution < 1.29 is 4.74 Å². The van der Waals surface area contributed by atoms with Gasteiger partial charge in [-0.15, -0.1) is 0 Å². The van der Waals surface area contributed by atoms with Crippen molar-refractivity contribution in [3.05, 3.63) is 23.8 Å². The van der Waals surface area contributed by atoms with Crippen molar-refractivity contribution in [1.29, 1.82) is 5.26 Å². The van der Waals surface area contributed by atoms with Crippen LogP contribution in [0.3, 0.4) is 0 Å². The van der Waals surface area contributed by atoms with E-state index in [1.54, 1.807) is 6.07 Å². The van der Waals surface area contributed by atoms with Gasteiger partial charge in [-0.05, 0) is 43.0 Å². The van der Waals surface area contributed by atoms with E-state index in [4.69, 9.17) is 15.7 Å². The van der Waals surface area contributed by atoms with Crippen molar-refractivity contribution in [3.63, 3.8) is 0 Å². The van der Waals surface area contributed by atoms with Gasteiger partial charge in [0.15, 0.2) is 0 Å². The van der Waals surface area contributed by atoms with Crippen LogP contribution in [0.5, 0.6) is 5.75 Å². The zero-order valence-corrected chi connectivity index (χ0v) is 8.57. The van der Waals surface area contributed by atoms with Crippen LogP contribution in [-0.2, 0) is 6.42 Å². The number of rotatable bonds is 3. The van der Waals surface area contributed by atoms with E-state index >= 15 is 0 Å². The predicted octanol–water partition coefficient (Wildman–Crippen LogP) is 2.27. The van der Waals surface area contributed by atoms with Gasteiger partial charge in [-0.3, -0.25) is 0 Å². The average Bonchev–Trinajstić information content (AvgIpc) is 2.17. The smallest absolute Gasteiger partial charge is 0.120 e. The molecular weight excluding hydrogens is 188 g/mol. The molecule has 0 heterocycles. The maximum atomic E-state index is 8.63. The van der Waals surface area contributed by atoms with Gasteiger partial charge in [0.25, 0.3) is 0 Å². The molecule has 3 nitrogen and oxygen atoms in total. The molecule has 2 rings (SSSR count). The van der Waals surface area contributed by atoms with E-state index in [0.717, 1.165) is 24.2 Å². The second kappa shape index (κ2) is 4.22. The maximum absolute atomic E-state index is 8.63. The second-order valence-electron chi connectivity index (χ2n) is 3.87. The van der Waals surface area contributed by atoms with E-state index in [9.17, 15) is 0 Å². The van der Waals surface area contributed by atoms with Crippen LogP contribution in [0, 0.1) is 11.3 Å². The molecule has 0 atom stereocenters. The van der Waals surface area contributed by atoms with Crippen LogP contribution < -0.4 is 10.5 Å². The molecule has 2 N–H and O–H groups in total. The third-order valence-corrected chi connectivity index (χ3v) is 2.74. The average molecular weight is 202 g/mol. The minimum atomic E-state index is 0.341. The molecule has 1 fully saturated rings. The summed E-state index contributed by atoms with van der Waals surface area (Å²) in [5.74, 6) is 0.833. The first-order valence-corrected chi connectivity index (χ1v) is 5.21. The van der Waals surface area contributed by atoms with Crippen molar-refractivity contribution in [2.75, 3.05) is 5.73 Å². The number of nitrogens with two attached hydrogens (primary N) is 1. The highest BCUT2D eigenvalue weighted by atomic mass is 16.5. The third-order valence-electron chi connectivity index (χ3n) is 2.74. The van der Waals surface area contributed by atoms with Crippen LogP contribution in [0.2, 0.25) is 0 Å². The van der Waals surface area contributed by atoms with Gasteiger partial charge in [-0.1, -0.05) is 0 Å². The molecule has 1 saturated carbocycles. The monoisotopic (exact) mass is 202 g/mol. The molecular formula is C12H14N2O. The van der Waals surface area contributed by atoms with Crippen molar-refractivity contribution in [1.82, 2.24) is 0 Å². The van der Waals surface area contributed by atoms with Crippen LogP contribution in [0.1, 0.15) is 24.8 Å². The lowest BCUT2D eigenvalue weighted by molar-refractivity contribution is 0.120. The molecule has 1 aromatic rings. The molecule has 0 unspecified atom stereocenters. The fourth-order valence-corrected chi connectivity index (χ4v) is 1.57. The number of nitrogen functional groups attached to an aromatic ring is 1. The van der Waals surface area contributed by atoms with Crippen molar-refractivity contribution >= 4 is 5.69 Å². The van der Waals surface area contributed by atoms with Crippen LogP contribution >= 0.6 is 0 Å². The summed E-state index contributed by atoms with van der Waals surface area (Å²) in [5, 5.41) is 8.63. The van der Waals surface area contributed by atoms with Gasteiger partial charge in [-0.2, -0.15) is 5.26 Å². The normalized spacial score (nSPS) is 15.4. The lowest BCUT2D eigenvalue weighted by Crippen LogP contribution is -2.24. The Bertz CT molecular complexity index is 391. The summed E-state index contributed by atoms with van der Waals surface area (Å²) >= 11 is 0. The number of benzene rings is 1. The zero-order chi connectivity index (χ0) is 10.7. The topological polar surface area (TPSA) is 59.0 Å². The molecule has 0 spiro atoms. The van der Waals surface area contributed by atoms with E-state index in [0.29, 0.717) is 18.2 Å². The van der Waals surface area contributed by atoms with Gasteiger partial charge in [0.1, 0.15) is 5.75 Å². The number of hydrogen-bond acceptors (Lipinski definition) is 3. The SMILES string of the molecule is N#CCc1cc(OC2CCC2)ccc1N. The van der Waals surface area contributed by atoms with Crippen LogP contribution in [0.4, 0.5) is 5.69 Å². The fraction of sp³-hybridized carbons (Fsp3) is 0.417. The summed E-state index contributed by atoms with van der Waals surface area (Å²) < 4.78 is 5.73. The Morgan fingerprint density at radius 1 is 1.47 bits per heavy atom. The highest BCUT2D eigenvalue weighted by Gasteiger charge is 2.19. The summed E-state index contributed by atoms with van der Waals surface area (Å²) in [6.45, 7) is 0. The Morgan fingerprint density at radius 2 is 2.27 bits per heavy atom. The lowest BCUT2D eigenvalue weighted by Gasteiger charge is -2.26. The van der Waals surface area contributed by atoms with Crippen LogP contribution in [-0.4, -0.2) is 6.10 Å². The molecule has 0 aliphatic heterocycles. The molecule has 0 bridgehead atoms. The van der Waals surface area contributed by atoms with E-state index in [2.05, 4.69) is 6.07 Å². The lowest BCUT2D eigenvalue weighted by atomic mass is 9.96. The van der Waals surface area contributed by atoms with Crippen molar-refractivity contribution in [2.45, 2.75) is 31.8 Å². The largest absolute Gasteiger partial charge is 0.490 e. The minimum absolute atomic E-state index is 0.341. The number of anilines is 1. The van der Waals surface area contributed by atoms with Gasteiger partial charge in [0.05, 0.1) is 18.6 Å². The van der Waals surface area contributed by atoms with Crippen LogP contribution in [0.25, 0.3) is 0 Å². The molecule has 15 heavy (non-hydrogen) atoms. The quantitative estimate of drug-likeness (QED) is 0.765. The van der Waals surface area contributed by atoms with E-state index < -0.39 is 0 Å². The number of ether oxygens (including phenoxy) is 1. The van der Waals surface area contributed by atoms with Gasteiger partial charge in [0.2, 0.25) is 0 Å². The van der Waals surface area contributed by atoms with E-state index in [-0.39, 0.29) is 0 Å². The molecule has 0 radical (unpaired) electrons. The van der Waals surface area contributed by atoms with Crippen molar-refractivity contribution in [2.24, 2.45) is 0 Å². The fourth-order valence-electron chi connectivity index (χ4n) is 1.57. The van der Waals surface area contributed by atoms with Crippen molar-refractivity contribution in [3.8, 4) is 11.8 Å². The van der Waals surface area contributed by atoms with E-state index in [1.165, 1.54) is 6.42 Å². The highest BCUT2D eigenvalue weighted by Crippen LogP contribution is 2.27. The number of hydrogen-bond donors (Lipinski definition) is 1. The third kappa shape index (κ3) is 2.21. The molecule has 0 saturated heterocycles. The summed E-state index contributed by atoms with van der Waals surface area (Å²) in [4.78, 5) is 0. The number of nitriles is 1. The molecule has 0 aromatic heterocycles. The molecule has 0 amide bonds. The Morgan fingerprint density at radius 3 is 2.87 bits per heavy atom. The summed E-state index contributed by atoms with van der Waals surface area (Å²) in [6, 6.07) is 7.65. The predicted molar refractivity (Wildman–Crippen MR) is 58.4 cm³/mol. The summed E-state index contributed by atoms with van der Waals surface area (Å²) in [7, 11) is 0. The van der Waals surface area contributed by atoms with Crippen LogP contribution in [0.15, 0.2) is 18.2 Å². The first-order chi connectivity index (χ1) is 7.29. The zero-order valence-electron chi connectivity index (χ0n) is 8.57. The highest BCUT2D eigenvalue weighted by molar-refractivity contribution is 5.51. The van der Waals surface area contributed by atoms with E-state index in [1.807, 2.05) is 12.1 Å². The molecule has 3 heteroatoms. The standard InChI is InChI=1S/C12H14N2O/c13-7-6-9-8-11(4-5-12(9)14)15-10-2-1-3-10/h4-5,8,10H,1-3,6,14H2. The molecule has 1 aliphatic carbocycles.